The second-order valence-corrected chi connectivity index (χ2v) is 4.54. The summed E-state index contributed by atoms with van der Waals surface area (Å²) in [5.41, 5.74) is 0.999. The summed E-state index contributed by atoms with van der Waals surface area (Å²) in [6.07, 6.45) is 0.281. The zero-order valence-corrected chi connectivity index (χ0v) is 9.73. The Hall–Kier alpha value is -0.0500. The normalized spacial score (nSPS) is 12.5. The summed E-state index contributed by atoms with van der Waals surface area (Å²) in [4.78, 5) is 10.6. The van der Waals surface area contributed by atoms with E-state index >= 15 is 0 Å². The van der Waals surface area contributed by atoms with Gasteiger partial charge in [-0.15, -0.1) is 0 Å². The minimum atomic E-state index is -0.350. The van der Waals surface area contributed by atoms with Crippen LogP contribution in [0.25, 0.3) is 0 Å². The summed E-state index contributed by atoms with van der Waals surface area (Å²) < 4.78 is 0. The minimum Gasteiger partial charge on any atom is -0.281 e. The lowest BCUT2D eigenvalue weighted by Crippen LogP contribution is -1.94. The van der Waals surface area contributed by atoms with Gasteiger partial charge in [0.15, 0.2) is 0 Å². The lowest BCUT2D eigenvalue weighted by Gasteiger charge is -2.06. The second-order valence-electron chi connectivity index (χ2n) is 2.58. The van der Waals surface area contributed by atoms with Crippen LogP contribution in [0.15, 0.2) is 24.3 Å². The molecule has 1 unspecified atom stereocenters. The van der Waals surface area contributed by atoms with Gasteiger partial charge in [0.1, 0.15) is 0 Å². The van der Waals surface area contributed by atoms with Crippen LogP contribution in [-0.2, 0) is 4.79 Å². The molecule has 1 aromatic carbocycles. The van der Waals surface area contributed by atoms with Gasteiger partial charge in [-0.2, -0.15) is 0 Å². The molecule has 0 aliphatic carbocycles. The number of rotatable bonds is 3. The molecule has 0 radical (unpaired) electrons. The van der Waals surface area contributed by atoms with E-state index in [1.54, 1.807) is 12.1 Å². The molecule has 0 aliphatic heterocycles. The highest BCUT2D eigenvalue weighted by Gasteiger charge is 2.10. The van der Waals surface area contributed by atoms with Gasteiger partial charge in [0.25, 0.3) is 0 Å². The van der Waals surface area contributed by atoms with Crippen LogP contribution in [0.1, 0.15) is 16.8 Å². The maximum Gasteiger partial charge on any atom is 0.223 e. The molecule has 0 saturated heterocycles. The van der Waals surface area contributed by atoms with E-state index < -0.39 is 0 Å². The molecule has 0 spiro atoms. The second kappa shape index (κ2) is 4.99. The van der Waals surface area contributed by atoms with Gasteiger partial charge in [0.05, 0.1) is 0 Å². The summed E-state index contributed by atoms with van der Waals surface area (Å²) in [6, 6.07) is 7.29. The molecule has 0 amide bonds. The molecule has 70 valence electrons. The summed E-state index contributed by atoms with van der Waals surface area (Å²) in [5.74, 6) is 0. The van der Waals surface area contributed by atoms with E-state index in [0.29, 0.717) is 5.02 Å². The predicted molar refractivity (Wildman–Crippen MR) is 58.6 cm³/mol. The van der Waals surface area contributed by atoms with E-state index in [0.717, 1.165) is 5.56 Å². The van der Waals surface area contributed by atoms with E-state index in [-0.39, 0.29) is 16.5 Å². The number of carbonyl (C=O) groups is 1. The Kier molecular flexibility index (Phi) is 4.23. The van der Waals surface area contributed by atoms with Crippen molar-refractivity contribution in [2.45, 2.75) is 11.2 Å². The van der Waals surface area contributed by atoms with Crippen molar-refractivity contribution in [3.8, 4) is 0 Å². The molecule has 1 aromatic rings. The molecule has 0 saturated carbocycles. The van der Waals surface area contributed by atoms with E-state index in [1.165, 1.54) is 0 Å². The maximum atomic E-state index is 10.6. The molecule has 13 heavy (non-hydrogen) atoms. The fraction of sp³-hybridized carbons (Fsp3) is 0.222. The zero-order chi connectivity index (χ0) is 9.84. The maximum absolute atomic E-state index is 10.6. The average molecular weight is 282 g/mol. The Morgan fingerprint density at radius 3 is 2.38 bits per heavy atom. The molecule has 0 heterocycles. The van der Waals surface area contributed by atoms with E-state index in [2.05, 4.69) is 15.9 Å². The fourth-order valence-electron chi connectivity index (χ4n) is 0.930. The van der Waals surface area contributed by atoms with Gasteiger partial charge in [0.2, 0.25) is 5.24 Å². The fourth-order valence-corrected chi connectivity index (χ4v) is 2.00. The SMILES string of the molecule is O=C(Cl)CC(Br)c1ccc(Cl)cc1. The molecule has 0 fully saturated rings. The smallest absolute Gasteiger partial charge is 0.223 e. The van der Waals surface area contributed by atoms with Crippen LogP contribution in [0.5, 0.6) is 0 Å². The van der Waals surface area contributed by atoms with Crippen molar-refractivity contribution in [2.24, 2.45) is 0 Å². The Balaban J connectivity index is 2.71. The van der Waals surface area contributed by atoms with Crippen molar-refractivity contribution in [1.29, 1.82) is 0 Å². The Morgan fingerprint density at radius 1 is 1.38 bits per heavy atom. The number of halogens is 3. The topological polar surface area (TPSA) is 17.1 Å². The van der Waals surface area contributed by atoms with Gasteiger partial charge in [-0.25, -0.2) is 0 Å². The molecule has 0 bridgehead atoms. The van der Waals surface area contributed by atoms with Crippen LogP contribution < -0.4 is 0 Å². The van der Waals surface area contributed by atoms with Crippen LogP contribution in [0.2, 0.25) is 5.02 Å². The van der Waals surface area contributed by atoms with Crippen LogP contribution in [-0.4, -0.2) is 5.24 Å². The van der Waals surface area contributed by atoms with Crippen LogP contribution in [0.4, 0.5) is 0 Å². The third-order valence-corrected chi connectivity index (χ3v) is 2.83. The predicted octanol–water partition coefficient (Wildman–Crippen LogP) is 3.93. The van der Waals surface area contributed by atoms with Gasteiger partial charge < -0.3 is 0 Å². The first-order chi connectivity index (χ1) is 6.09. The number of alkyl halides is 1. The summed E-state index contributed by atoms with van der Waals surface area (Å²) >= 11 is 14.3. The molecule has 0 aromatic heterocycles. The van der Waals surface area contributed by atoms with E-state index in [4.69, 9.17) is 23.2 Å². The first-order valence-corrected chi connectivity index (χ1v) is 5.34. The molecular weight excluding hydrogens is 275 g/mol. The highest BCUT2D eigenvalue weighted by molar-refractivity contribution is 9.09. The Bertz CT molecular complexity index is 297. The first kappa shape index (κ1) is 11.0. The minimum absolute atomic E-state index is 0.0326. The lowest BCUT2D eigenvalue weighted by atomic mass is 10.1. The molecule has 0 aliphatic rings. The van der Waals surface area contributed by atoms with Crippen molar-refractivity contribution in [3.63, 3.8) is 0 Å². The van der Waals surface area contributed by atoms with Crippen molar-refractivity contribution in [2.75, 3.05) is 0 Å². The third kappa shape index (κ3) is 3.67. The molecule has 1 nitrogen and oxygen atoms in total. The molecule has 4 heteroatoms. The van der Waals surface area contributed by atoms with Crippen LogP contribution in [0, 0.1) is 0 Å². The quantitative estimate of drug-likeness (QED) is 0.606. The highest BCUT2D eigenvalue weighted by Crippen LogP contribution is 2.27. The summed E-state index contributed by atoms with van der Waals surface area (Å²) in [6.45, 7) is 0. The molecular formula is C9H7BrCl2O. The third-order valence-electron chi connectivity index (χ3n) is 1.57. The van der Waals surface area contributed by atoms with Crippen molar-refractivity contribution >= 4 is 44.4 Å². The van der Waals surface area contributed by atoms with Gasteiger partial charge in [-0.3, -0.25) is 4.79 Å². The molecule has 1 atom stereocenters. The lowest BCUT2D eigenvalue weighted by molar-refractivity contribution is -0.111. The van der Waals surface area contributed by atoms with Gasteiger partial charge in [-0.05, 0) is 29.3 Å². The number of benzene rings is 1. The standard InChI is InChI=1S/C9H7BrCl2O/c10-8(5-9(12)13)6-1-3-7(11)4-2-6/h1-4,8H,5H2. The van der Waals surface area contributed by atoms with E-state index in [9.17, 15) is 4.79 Å². The first-order valence-electron chi connectivity index (χ1n) is 3.67. The van der Waals surface area contributed by atoms with Crippen LogP contribution in [0.3, 0.4) is 0 Å². The Labute approximate surface area is 95.2 Å². The van der Waals surface area contributed by atoms with Crippen LogP contribution >= 0.6 is 39.1 Å². The Morgan fingerprint density at radius 2 is 1.92 bits per heavy atom. The summed E-state index contributed by atoms with van der Waals surface area (Å²) in [5, 5.41) is 0.331. The highest BCUT2D eigenvalue weighted by atomic mass is 79.9. The molecule has 1 rings (SSSR count). The zero-order valence-electron chi connectivity index (χ0n) is 6.64. The van der Waals surface area contributed by atoms with Gasteiger partial charge >= 0.3 is 0 Å². The number of hydrogen-bond acceptors (Lipinski definition) is 1. The van der Waals surface area contributed by atoms with Gasteiger partial charge in [-0.1, -0.05) is 39.7 Å². The van der Waals surface area contributed by atoms with Crippen molar-refractivity contribution in [3.05, 3.63) is 34.9 Å². The van der Waals surface area contributed by atoms with E-state index in [1.807, 2.05) is 12.1 Å². The number of hydrogen-bond donors (Lipinski definition) is 0. The van der Waals surface area contributed by atoms with Crippen molar-refractivity contribution in [1.82, 2.24) is 0 Å². The van der Waals surface area contributed by atoms with Gasteiger partial charge in [0, 0.05) is 16.3 Å². The number of carbonyl (C=O) groups excluding carboxylic acids is 1. The monoisotopic (exact) mass is 280 g/mol. The summed E-state index contributed by atoms with van der Waals surface area (Å²) in [7, 11) is 0. The average Bonchev–Trinajstić information content (AvgIpc) is 2.04. The largest absolute Gasteiger partial charge is 0.281 e. The molecule has 0 N–H and O–H groups in total. The van der Waals surface area contributed by atoms with Crippen molar-refractivity contribution < 1.29 is 4.79 Å².